The minimum Gasteiger partial charge on any atom is -0.481 e. The number of hydrogen-bond donors (Lipinski definition) is 1. The summed E-state index contributed by atoms with van der Waals surface area (Å²) in [5, 5.41) is 0. The maximum absolute atomic E-state index is 6.09. The minimum atomic E-state index is 0.448. The molecule has 5 heteroatoms. The molecule has 2 aromatic heterocycles. The van der Waals surface area contributed by atoms with E-state index in [1.165, 1.54) is 24.0 Å². The molecule has 0 radical (unpaired) electrons. The highest BCUT2D eigenvalue weighted by atomic mass is 16.5. The van der Waals surface area contributed by atoms with Gasteiger partial charge in [0, 0.05) is 6.07 Å². The molecule has 21 heavy (non-hydrogen) atoms. The second kappa shape index (κ2) is 4.48. The van der Waals surface area contributed by atoms with Gasteiger partial charge in [-0.15, -0.1) is 0 Å². The van der Waals surface area contributed by atoms with Gasteiger partial charge >= 0.3 is 0 Å². The van der Waals surface area contributed by atoms with Crippen molar-refractivity contribution in [2.24, 2.45) is 0 Å². The van der Waals surface area contributed by atoms with E-state index in [4.69, 9.17) is 10.5 Å². The van der Waals surface area contributed by atoms with E-state index in [1.54, 1.807) is 13.2 Å². The number of ether oxygens (including phenoxy) is 1. The van der Waals surface area contributed by atoms with Crippen molar-refractivity contribution in [3.63, 3.8) is 0 Å². The Kier molecular flexibility index (Phi) is 2.60. The number of fused-ring (bicyclic) bond motifs is 2. The lowest BCUT2D eigenvalue weighted by Gasteiger charge is -2.08. The van der Waals surface area contributed by atoms with Crippen LogP contribution in [0.1, 0.15) is 17.5 Å². The van der Waals surface area contributed by atoms with Crippen LogP contribution in [0.5, 0.6) is 5.88 Å². The molecular weight excluding hydrogens is 264 g/mol. The largest absolute Gasteiger partial charge is 0.481 e. The highest BCUT2D eigenvalue weighted by Crippen LogP contribution is 2.28. The average molecular weight is 280 g/mol. The molecule has 0 saturated carbocycles. The first kappa shape index (κ1) is 12.2. The zero-order valence-corrected chi connectivity index (χ0v) is 11.8. The quantitative estimate of drug-likeness (QED) is 0.783. The summed E-state index contributed by atoms with van der Waals surface area (Å²) >= 11 is 0. The molecule has 1 aromatic carbocycles. The maximum atomic E-state index is 6.09. The molecule has 5 nitrogen and oxygen atoms in total. The van der Waals surface area contributed by atoms with Crippen LogP contribution in [0.3, 0.4) is 0 Å². The molecule has 2 N–H and O–H groups in total. The first-order valence-corrected chi connectivity index (χ1v) is 7.07. The lowest BCUT2D eigenvalue weighted by Crippen LogP contribution is -2.02. The van der Waals surface area contributed by atoms with Crippen LogP contribution in [0, 0.1) is 0 Å². The molecule has 0 spiro atoms. The van der Waals surface area contributed by atoms with Crippen molar-refractivity contribution in [1.29, 1.82) is 0 Å². The number of methoxy groups -OCH3 is 1. The molecule has 0 unspecified atom stereocenters. The van der Waals surface area contributed by atoms with E-state index in [-0.39, 0.29) is 0 Å². The molecule has 106 valence electrons. The van der Waals surface area contributed by atoms with Crippen LogP contribution in [0.25, 0.3) is 16.9 Å². The number of anilines is 1. The fourth-order valence-corrected chi connectivity index (χ4v) is 3.02. The van der Waals surface area contributed by atoms with Crippen LogP contribution in [0.2, 0.25) is 0 Å². The molecule has 1 aliphatic carbocycles. The number of nitrogens with zero attached hydrogens (tertiary/aromatic N) is 3. The molecule has 1 aliphatic rings. The van der Waals surface area contributed by atoms with E-state index >= 15 is 0 Å². The predicted octanol–water partition coefficient (Wildman–Crippen LogP) is 2.50. The molecule has 0 aliphatic heterocycles. The van der Waals surface area contributed by atoms with E-state index in [1.807, 2.05) is 10.6 Å². The predicted molar refractivity (Wildman–Crippen MR) is 81.9 cm³/mol. The van der Waals surface area contributed by atoms with E-state index in [0.29, 0.717) is 11.8 Å². The summed E-state index contributed by atoms with van der Waals surface area (Å²) in [5.41, 5.74) is 11.4. The summed E-state index contributed by atoms with van der Waals surface area (Å²) in [5.74, 6) is 1.01. The van der Waals surface area contributed by atoms with E-state index in [2.05, 4.69) is 28.2 Å². The fourth-order valence-electron chi connectivity index (χ4n) is 3.02. The van der Waals surface area contributed by atoms with E-state index < -0.39 is 0 Å². The highest BCUT2D eigenvalue weighted by Gasteiger charge is 2.16. The van der Waals surface area contributed by atoms with Gasteiger partial charge < -0.3 is 10.5 Å². The Morgan fingerprint density at radius 3 is 2.81 bits per heavy atom. The number of aryl methyl sites for hydroxylation is 2. The molecule has 0 bridgehead atoms. The Bertz CT molecular complexity index is 838. The molecule has 0 fully saturated rings. The van der Waals surface area contributed by atoms with Gasteiger partial charge in [0.1, 0.15) is 5.52 Å². The second-order valence-corrected chi connectivity index (χ2v) is 5.31. The summed E-state index contributed by atoms with van der Waals surface area (Å²) < 4.78 is 7.09. The Morgan fingerprint density at radius 2 is 1.95 bits per heavy atom. The highest BCUT2D eigenvalue weighted by molar-refractivity contribution is 5.77. The van der Waals surface area contributed by atoms with Crippen molar-refractivity contribution in [3.8, 4) is 11.6 Å². The van der Waals surface area contributed by atoms with Gasteiger partial charge in [-0.3, -0.25) is 4.57 Å². The number of hydrogen-bond acceptors (Lipinski definition) is 4. The summed E-state index contributed by atoms with van der Waals surface area (Å²) in [7, 11) is 1.60. The number of nitrogen functional groups attached to an aromatic ring is 1. The third kappa shape index (κ3) is 1.85. The van der Waals surface area contributed by atoms with E-state index in [0.717, 1.165) is 23.3 Å². The van der Waals surface area contributed by atoms with Gasteiger partial charge in [-0.1, -0.05) is 6.07 Å². The minimum absolute atomic E-state index is 0.448. The SMILES string of the molecule is COc1ccc2nc(N)n(-c3ccc4c(c3)CCC4)c2n1. The van der Waals surface area contributed by atoms with Gasteiger partial charge in [0.2, 0.25) is 11.8 Å². The molecule has 0 amide bonds. The molecular formula is C16H16N4O. The summed E-state index contributed by atoms with van der Waals surface area (Å²) in [6.07, 6.45) is 3.53. The van der Waals surface area contributed by atoms with Crippen molar-refractivity contribution in [3.05, 3.63) is 41.5 Å². The van der Waals surface area contributed by atoms with Gasteiger partial charge in [-0.25, -0.2) is 4.98 Å². The molecule has 0 saturated heterocycles. The number of benzene rings is 1. The third-order valence-corrected chi connectivity index (χ3v) is 4.05. The van der Waals surface area contributed by atoms with Crippen LogP contribution in [0.4, 0.5) is 5.95 Å². The fraction of sp³-hybridized carbons (Fsp3) is 0.250. The van der Waals surface area contributed by atoms with Gasteiger partial charge in [-0.2, -0.15) is 4.98 Å². The van der Waals surface area contributed by atoms with Crippen molar-refractivity contribution >= 4 is 17.1 Å². The summed E-state index contributed by atoms with van der Waals surface area (Å²) in [6.45, 7) is 0. The third-order valence-electron chi connectivity index (χ3n) is 4.05. The summed E-state index contributed by atoms with van der Waals surface area (Å²) in [4.78, 5) is 8.86. The number of nitrogens with two attached hydrogens (primary N) is 1. The average Bonchev–Trinajstić information content (AvgIpc) is 3.08. The van der Waals surface area contributed by atoms with Crippen molar-refractivity contribution in [2.45, 2.75) is 19.3 Å². The first-order chi connectivity index (χ1) is 10.3. The smallest absolute Gasteiger partial charge is 0.215 e. The Balaban J connectivity index is 1.94. The molecule has 2 heterocycles. The second-order valence-electron chi connectivity index (χ2n) is 5.31. The van der Waals surface area contributed by atoms with Crippen LogP contribution < -0.4 is 10.5 Å². The number of aromatic nitrogens is 3. The standard InChI is InChI=1S/C16H16N4O/c1-21-14-8-7-13-15(19-14)20(16(17)18-13)12-6-5-10-3-2-4-11(10)9-12/h5-9H,2-4H2,1H3,(H2,17,18). The lowest BCUT2D eigenvalue weighted by molar-refractivity contribution is 0.399. The topological polar surface area (TPSA) is 66.0 Å². The van der Waals surface area contributed by atoms with Crippen LogP contribution in [-0.4, -0.2) is 21.6 Å². The maximum Gasteiger partial charge on any atom is 0.215 e. The zero-order valence-electron chi connectivity index (χ0n) is 11.8. The van der Waals surface area contributed by atoms with Crippen LogP contribution >= 0.6 is 0 Å². The zero-order chi connectivity index (χ0) is 14.4. The van der Waals surface area contributed by atoms with E-state index in [9.17, 15) is 0 Å². The number of rotatable bonds is 2. The Labute approximate surface area is 122 Å². The first-order valence-electron chi connectivity index (χ1n) is 7.07. The van der Waals surface area contributed by atoms with Gasteiger partial charge in [-0.05, 0) is 48.6 Å². The van der Waals surface area contributed by atoms with Crippen LogP contribution in [0.15, 0.2) is 30.3 Å². The lowest BCUT2D eigenvalue weighted by atomic mass is 10.1. The van der Waals surface area contributed by atoms with Crippen LogP contribution in [-0.2, 0) is 12.8 Å². The number of pyridine rings is 1. The van der Waals surface area contributed by atoms with Crippen molar-refractivity contribution in [1.82, 2.24) is 14.5 Å². The normalized spacial score (nSPS) is 13.6. The van der Waals surface area contributed by atoms with Gasteiger partial charge in [0.05, 0.1) is 12.8 Å². The monoisotopic (exact) mass is 280 g/mol. The van der Waals surface area contributed by atoms with Gasteiger partial charge in [0.25, 0.3) is 0 Å². The van der Waals surface area contributed by atoms with Crippen molar-refractivity contribution in [2.75, 3.05) is 12.8 Å². The number of imidazole rings is 1. The van der Waals surface area contributed by atoms with Gasteiger partial charge in [0.15, 0.2) is 5.65 Å². The van der Waals surface area contributed by atoms with Crippen molar-refractivity contribution < 1.29 is 4.74 Å². The Morgan fingerprint density at radius 1 is 1.10 bits per heavy atom. The molecule has 0 atom stereocenters. The summed E-state index contributed by atoms with van der Waals surface area (Å²) in [6, 6.07) is 10.1. The molecule has 4 rings (SSSR count). The Hall–Kier alpha value is -2.56. The molecule has 3 aromatic rings.